The van der Waals surface area contributed by atoms with Gasteiger partial charge in [-0.05, 0) is 60.7 Å². The molecule has 208 valence electrons. The third-order valence-corrected chi connectivity index (χ3v) is 7.90. The maximum absolute atomic E-state index is 13.8. The number of imide groups is 1. The van der Waals surface area contributed by atoms with E-state index in [4.69, 9.17) is 4.98 Å². The molecule has 4 aromatic rings. The number of hydrogen-bond donors (Lipinski definition) is 2. The number of fused-ring (bicyclic) bond motifs is 1. The van der Waals surface area contributed by atoms with Crippen molar-refractivity contribution in [2.45, 2.75) is 19.4 Å². The fourth-order valence-electron chi connectivity index (χ4n) is 5.05. The molecule has 1 aromatic carbocycles. The Balaban J connectivity index is 1.08. The van der Waals surface area contributed by atoms with Crippen LogP contribution in [0.5, 0.6) is 0 Å². The molecule has 41 heavy (non-hydrogen) atoms. The van der Waals surface area contributed by atoms with Gasteiger partial charge in [-0.25, -0.2) is 9.97 Å². The highest BCUT2D eigenvalue weighted by molar-refractivity contribution is 8.18. The zero-order valence-corrected chi connectivity index (χ0v) is 22.6. The first kappa shape index (κ1) is 26.9. The summed E-state index contributed by atoms with van der Waals surface area (Å²) in [5, 5.41) is 7.31. The second-order valence-electron chi connectivity index (χ2n) is 9.87. The van der Waals surface area contributed by atoms with Gasteiger partial charge in [-0.15, -0.1) is 0 Å². The lowest BCUT2D eigenvalue weighted by atomic mass is 9.97. The lowest BCUT2D eigenvalue weighted by Gasteiger charge is -2.32. The Morgan fingerprint density at radius 3 is 2.56 bits per heavy atom. The van der Waals surface area contributed by atoms with Crippen molar-refractivity contribution in [1.82, 2.24) is 30.6 Å². The van der Waals surface area contributed by atoms with Crippen LogP contribution in [0.2, 0.25) is 0 Å². The molecule has 0 atom stereocenters. The van der Waals surface area contributed by atoms with Crippen LogP contribution >= 0.6 is 11.8 Å². The lowest BCUT2D eigenvalue weighted by molar-refractivity contribution is -0.115. The number of piperidine rings is 1. The largest absolute Gasteiger partial charge is 0.341 e. The topological polar surface area (TPSA) is 113 Å². The van der Waals surface area contributed by atoms with Gasteiger partial charge in [0.25, 0.3) is 11.1 Å². The maximum Gasteiger partial charge on any atom is 0.290 e. The van der Waals surface area contributed by atoms with Crippen molar-refractivity contribution in [2.24, 2.45) is 5.92 Å². The number of anilines is 1. The first-order chi connectivity index (χ1) is 19.9. The van der Waals surface area contributed by atoms with Gasteiger partial charge in [0.05, 0.1) is 22.0 Å². The first-order valence-electron chi connectivity index (χ1n) is 13.2. The summed E-state index contributed by atoms with van der Waals surface area (Å²) in [4.78, 5) is 42.6. The van der Waals surface area contributed by atoms with Crippen LogP contribution in [-0.4, -0.2) is 50.7 Å². The normalized spacial score (nSPS) is 17.0. The van der Waals surface area contributed by atoms with Crippen molar-refractivity contribution in [2.75, 3.05) is 24.5 Å². The number of amides is 2. The third kappa shape index (κ3) is 6.23. The third-order valence-electron chi connectivity index (χ3n) is 7.09. The van der Waals surface area contributed by atoms with Gasteiger partial charge in [-0.3, -0.25) is 19.9 Å². The average molecular weight is 574 g/mol. The van der Waals surface area contributed by atoms with E-state index in [9.17, 15) is 18.4 Å². The second kappa shape index (κ2) is 11.7. The van der Waals surface area contributed by atoms with Crippen molar-refractivity contribution < 1.29 is 18.4 Å². The number of halogens is 2. The minimum Gasteiger partial charge on any atom is -0.341 e. The molecule has 6 rings (SSSR count). The van der Waals surface area contributed by atoms with E-state index in [0.717, 1.165) is 60.7 Å². The highest BCUT2D eigenvalue weighted by Gasteiger charge is 2.26. The average Bonchev–Trinajstić information content (AvgIpc) is 3.28. The number of hydrogen-bond acceptors (Lipinski definition) is 9. The molecule has 5 heterocycles. The van der Waals surface area contributed by atoms with Crippen LogP contribution in [-0.2, 0) is 11.3 Å². The quantitative estimate of drug-likeness (QED) is 0.240. The SMILES string of the molecule is O=C1NC(=O)/C(=C\c2ccnc(N3CCC(CNCc4nc(-c5cc(F)nc(F)c5)cc5ccccc45)CC3)n2)S1. The van der Waals surface area contributed by atoms with Crippen LogP contribution in [0.3, 0.4) is 0 Å². The van der Waals surface area contributed by atoms with E-state index in [1.807, 2.05) is 30.3 Å². The van der Waals surface area contributed by atoms with Crippen molar-refractivity contribution in [3.8, 4) is 11.3 Å². The van der Waals surface area contributed by atoms with Crippen LogP contribution in [0.25, 0.3) is 28.1 Å². The molecule has 0 unspecified atom stereocenters. The maximum atomic E-state index is 13.8. The number of nitrogens with zero attached hydrogens (tertiary/aromatic N) is 5. The zero-order chi connectivity index (χ0) is 28.3. The number of carbonyl (C=O) groups excluding carboxylic acids is 2. The number of aromatic nitrogens is 4. The van der Waals surface area contributed by atoms with Gasteiger partial charge in [0.15, 0.2) is 0 Å². The Hall–Kier alpha value is -4.29. The molecule has 3 aromatic heterocycles. The van der Waals surface area contributed by atoms with E-state index < -0.39 is 17.8 Å². The summed E-state index contributed by atoms with van der Waals surface area (Å²) in [5.74, 6) is -1.14. The molecule has 2 N–H and O–H groups in total. The Labute approximate surface area is 238 Å². The highest BCUT2D eigenvalue weighted by Crippen LogP contribution is 2.27. The van der Waals surface area contributed by atoms with Crippen LogP contribution in [0.1, 0.15) is 24.2 Å². The minimum absolute atomic E-state index is 0.317. The number of nitrogens with one attached hydrogen (secondary N) is 2. The Bertz CT molecular complexity index is 1650. The summed E-state index contributed by atoms with van der Waals surface area (Å²) >= 11 is 0.861. The molecule has 9 nitrogen and oxygen atoms in total. The van der Waals surface area contributed by atoms with E-state index >= 15 is 0 Å². The van der Waals surface area contributed by atoms with Crippen molar-refractivity contribution in [3.05, 3.63) is 82.9 Å². The Kier molecular flexibility index (Phi) is 7.66. The monoisotopic (exact) mass is 573 g/mol. The summed E-state index contributed by atoms with van der Waals surface area (Å²) in [5.41, 5.74) is 2.22. The molecule has 12 heteroatoms. The van der Waals surface area contributed by atoms with Crippen LogP contribution in [0.4, 0.5) is 19.5 Å². The van der Waals surface area contributed by atoms with E-state index in [0.29, 0.717) is 40.3 Å². The highest BCUT2D eigenvalue weighted by atomic mass is 32.2. The van der Waals surface area contributed by atoms with E-state index in [1.165, 1.54) is 12.1 Å². The number of carbonyl (C=O) groups is 2. The molecule has 0 radical (unpaired) electrons. The number of pyridine rings is 2. The molecule has 2 saturated heterocycles. The summed E-state index contributed by atoms with van der Waals surface area (Å²) < 4.78 is 27.5. The van der Waals surface area contributed by atoms with Gasteiger partial charge >= 0.3 is 0 Å². The minimum atomic E-state index is -0.883. The van der Waals surface area contributed by atoms with Gasteiger partial charge in [0, 0.05) is 48.9 Å². The predicted molar refractivity (Wildman–Crippen MR) is 153 cm³/mol. The second-order valence-corrected chi connectivity index (χ2v) is 10.9. The van der Waals surface area contributed by atoms with Gasteiger partial charge < -0.3 is 10.2 Å². The molecule has 0 aliphatic carbocycles. The van der Waals surface area contributed by atoms with Crippen molar-refractivity contribution in [3.63, 3.8) is 0 Å². The molecule has 0 bridgehead atoms. The molecule has 2 aliphatic heterocycles. The Morgan fingerprint density at radius 2 is 1.80 bits per heavy atom. The lowest BCUT2D eigenvalue weighted by Crippen LogP contribution is -2.38. The smallest absolute Gasteiger partial charge is 0.290 e. The summed E-state index contributed by atoms with van der Waals surface area (Å²) in [6.45, 7) is 2.88. The Morgan fingerprint density at radius 1 is 1.02 bits per heavy atom. The molecule has 0 spiro atoms. The van der Waals surface area contributed by atoms with Crippen LogP contribution in [0, 0.1) is 17.8 Å². The summed E-state index contributed by atoms with van der Waals surface area (Å²) in [6, 6.07) is 13.7. The van der Waals surface area contributed by atoms with Gasteiger partial charge in [-0.2, -0.15) is 13.8 Å². The van der Waals surface area contributed by atoms with Crippen LogP contribution in [0.15, 0.2) is 59.6 Å². The molecular weight excluding hydrogens is 548 g/mol. The van der Waals surface area contributed by atoms with Gasteiger partial charge in [0.2, 0.25) is 17.8 Å². The molecule has 2 amide bonds. The van der Waals surface area contributed by atoms with E-state index in [2.05, 4.69) is 30.5 Å². The van der Waals surface area contributed by atoms with Gasteiger partial charge in [-0.1, -0.05) is 24.3 Å². The van der Waals surface area contributed by atoms with E-state index in [1.54, 1.807) is 18.3 Å². The zero-order valence-electron chi connectivity index (χ0n) is 21.8. The molecular formula is C29H25F2N7O2S. The number of benzene rings is 1. The fraction of sp³-hybridized carbons (Fsp3) is 0.241. The summed E-state index contributed by atoms with van der Waals surface area (Å²) in [7, 11) is 0. The van der Waals surface area contributed by atoms with Crippen molar-refractivity contribution >= 4 is 45.7 Å². The summed E-state index contributed by atoms with van der Waals surface area (Å²) in [6.07, 6.45) is 5.14. The predicted octanol–water partition coefficient (Wildman–Crippen LogP) is 4.70. The molecule has 2 fully saturated rings. The standard InChI is InChI=1S/C29H25F2N7O2S/c30-25-12-19(13-26(31)36-25)22-11-18-3-1-2-4-21(18)23(35-22)16-32-15-17-6-9-38(10-7-17)28-33-8-5-20(34-28)14-24-27(39)37-29(40)41-24/h1-5,8,11-14,17,32H,6-7,9-10,15-16H2,(H,37,39,40)/b24-14+. The van der Waals surface area contributed by atoms with Crippen molar-refractivity contribution in [1.29, 1.82) is 0 Å². The molecule has 2 aliphatic rings. The first-order valence-corrected chi connectivity index (χ1v) is 14.0. The number of thioether (sulfide) groups is 1. The van der Waals surface area contributed by atoms with Gasteiger partial charge in [0.1, 0.15) is 0 Å². The fourth-order valence-corrected chi connectivity index (χ4v) is 5.71. The number of rotatable bonds is 7. The van der Waals surface area contributed by atoms with Crippen LogP contribution < -0.4 is 15.5 Å². The van der Waals surface area contributed by atoms with E-state index in [-0.39, 0.29) is 5.24 Å². The molecule has 0 saturated carbocycles.